The van der Waals surface area contributed by atoms with Gasteiger partial charge in [0.15, 0.2) is 5.96 Å². The van der Waals surface area contributed by atoms with Gasteiger partial charge in [0.1, 0.15) is 12.4 Å². The maximum Gasteiger partial charge on any atom is 0.411 e. The number of halogens is 3. The Hall–Kier alpha value is -1.96. The van der Waals surface area contributed by atoms with Crippen LogP contribution in [0.5, 0.6) is 5.75 Å². The van der Waals surface area contributed by atoms with E-state index in [1.807, 2.05) is 24.3 Å². The minimum Gasteiger partial charge on any atom is -0.497 e. The summed E-state index contributed by atoms with van der Waals surface area (Å²) in [6.07, 6.45) is -3.82. The molecular formula is C15H22F3N3O2. The standard InChI is InChI=1S/C15H22F3N3O2/c1-19-14(20-8-3-9-23-11-15(16,17)18)21-10-12-4-6-13(22-2)7-5-12/h4-7H,3,8-11H2,1-2H3,(H2,19,20,21). The number of ether oxygens (including phenoxy) is 2. The molecule has 0 atom stereocenters. The number of benzene rings is 1. The van der Waals surface area contributed by atoms with Gasteiger partial charge in [0, 0.05) is 26.7 Å². The first-order chi connectivity index (χ1) is 10.9. The molecule has 1 aromatic rings. The summed E-state index contributed by atoms with van der Waals surface area (Å²) in [5, 5.41) is 6.13. The van der Waals surface area contributed by atoms with Crippen LogP contribution in [0.2, 0.25) is 0 Å². The highest BCUT2D eigenvalue weighted by Gasteiger charge is 2.27. The molecule has 1 aromatic carbocycles. The van der Waals surface area contributed by atoms with Crippen LogP contribution in [0.3, 0.4) is 0 Å². The number of methoxy groups -OCH3 is 1. The number of hydrogen-bond donors (Lipinski definition) is 2. The molecule has 0 saturated carbocycles. The lowest BCUT2D eigenvalue weighted by molar-refractivity contribution is -0.173. The first kappa shape index (κ1) is 19.1. The van der Waals surface area contributed by atoms with Crippen molar-refractivity contribution in [3.63, 3.8) is 0 Å². The SMILES string of the molecule is CN=C(NCCCOCC(F)(F)F)NCc1ccc(OC)cc1. The van der Waals surface area contributed by atoms with Crippen molar-refractivity contribution in [2.75, 3.05) is 33.9 Å². The van der Waals surface area contributed by atoms with Gasteiger partial charge in [-0.25, -0.2) is 0 Å². The van der Waals surface area contributed by atoms with Crippen LogP contribution in [-0.2, 0) is 11.3 Å². The average molecular weight is 333 g/mol. The van der Waals surface area contributed by atoms with E-state index in [-0.39, 0.29) is 6.61 Å². The molecule has 0 fully saturated rings. The van der Waals surface area contributed by atoms with Crippen molar-refractivity contribution >= 4 is 5.96 Å². The number of nitrogens with zero attached hydrogens (tertiary/aromatic N) is 1. The minimum absolute atomic E-state index is 0.0436. The molecule has 0 spiro atoms. The molecule has 1 rings (SSSR count). The van der Waals surface area contributed by atoms with Gasteiger partial charge in [-0.15, -0.1) is 0 Å². The second-order valence-corrected chi connectivity index (χ2v) is 4.72. The van der Waals surface area contributed by atoms with Crippen molar-refractivity contribution in [2.24, 2.45) is 4.99 Å². The summed E-state index contributed by atoms with van der Waals surface area (Å²) in [5.41, 5.74) is 1.06. The molecule has 23 heavy (non-hydrogen) atoms. The molecule has 0 aromatic heterocycles. The van der Waals surface area contributed by atoms with E-state index < -0.39 is 12.8 Å². The molecular weight excluding hydrogens is 311 g/mol. The van der Waals surface area contributed by atoms with Crippen molar-refractivity contribution in [1.82, 2.24) is 10.6 Å². The van der Waals surface area contributed by atoms with E-state index in [2.05, 4.69) is 20.4 Å². The zero-order valence-electron chi connectivity index (χ0n) is 13.2. The number of aliphatic imine (C=N–C) groups is 1. The number of nitrogens with one attached hydrogen (secondary N) is 2. The first-order valence-electron chi connectivity index (χ1n) is 7.16. The van der Waals surface area contributed by atoms with Gasteiger partial charge in [0.2, 0.25) is 0 Å². The van der Waals surface area contributed by atoms with Gasteiger partial charge in [-0.1, -0.05) is 12.1 Å². The van der Waals surface area contributed by atoms with Gasteiger partial charge in [0.05, 0.1) is 7.11 Å². The van der Waals surface area contributed by atoms with Crippen molar-refractivity contribution in [3.05, 3.63) is 29.8 Å². The normalized spacial score (nSPS) is 12.1. The zero-order chi connectivity index (χ0) is 17.1. The molecule has 8 heteroatoms. The Morgan fingerprint density at radius 1 is 1.17 bits per heavy atom. The molecule has 130 valence electrons. The highest BCUT2D eigenvalue weighted by atomic mass is 19.4. The quantitative estimate of drug-likeness (QED) is 0.436. The van der Waals surface area contributed by atoms with Gasteiger partial charge < -0.3 is 20.1 Å². The number of guanidine groups is 1. The van der Waals surface area contributed by atoms with Crippen LogP contribution < -0.4 is 15.4 Å². The van der Waals surface area contributed by atoms with Gasteiger partial charge in [0.25, 0.3) is 0 Å². The van der Waals surface area contributed by atoms with E-state index in [1.165, 1.54) is 0 Å². The lowest BCUT2D eigenvalue weighted by Gasteiger charge is -2.12. The summed E-state index contributed by atoms with van der Waals surface area (Å²) in [4.78, 5) is 4.04. The van der Waals surface area contributed by atoms with Crippen molar-refractivity contribution < 1.29 is 22.6 Å². The van der Waals surface area contributed by atoms with E-state index in [0.29, 0.717) is 25.5 Å². The Morgan fingerprint density at radius 3 is 2.43 bits per heavy atom. The van der Waals surface area contributed by atoms with Crippen LogP contribution in [0, 0.1) is 0 Å². The lowest BCUT2D eigenvalue weighted by Crippen LogP contribution is -2.37. The maximum absolute atomic E-state index is 11.9. The Labute approximate surface area is 133 Å². The third kappa shape index (κ3) is 8.92. The molecule has 0 amide bonds. The topological polar surface area (TPSA) is 54.9 Å². The van der Waals surface area contributed by atoms with E-state index in [9.17, 15) is 13.2 Å². The lowest BCUT2D eigenvalue weighted by atomic mass is 10.2. The minimum atomic E-state index is -4.27. The number of hydrogen-bond acceptors (Lipinski definition) is 3. The predicted octanol–water partition coefficient (Wildman–Crippen LogP) is 2.33. The second-order valence-electron chi connectivity index (χ2n) is 4.72. The van der Waals surface area contributed by atoms with Crippen LogP contribution in [0.1, 0.15) is 12.0 Å². The van der Waals surface area contributed by atoms with Gasteiger partial charge in [-0.2, -0.15) is 13.2 Å². The average Bonchev–Trinajstić information content (AvgIpc) is 2.53. The Morgan fingerprint density at radius 2 is 1.87 bits per heavy atom. The number of alkyl halides is 3. The highest BCUT2D eigenvalue weighted by molar-refractivity contribution is 5.79. The maximum atomic E-state index is 11.9. The Bertz CT molecular complexity index is 476. The molecule has 0 aliphatic heterocycles. The molecule has 0 radical (unpaired) electrons. The van der Waals surface area contributed by atoms with E-state index in [0.717, 1.165) is 11.3 Å². The fraction of sp³-hybridized carbons (Fsp3) is 0.533. The van der Waals surface area contributed by atoms with E-state index in [1.54, 1.807) is 14.2 Å². The third-order valence-electron chi connectivity index (χ3n) is 2.87. The molecule has 0 aliphatic rings. The van der Waals surface area contributed by atoms with Crippen molar-refractivity contribution in [1.29, 1.82) is 0 Å². The fourth-order valence-electron chi connectivity index (χ4n) is 1.72. The predicted molar refractivity (Wildman–Crippen MR) is 82.7 cm³/mol. The molecule has 0 aliphatic carbocycles. The second kappa shape index (κ2) is 9.94. The number of rotatable bonds is 8. The van der Waals surface area contributed by atoms with Crippen LogP contribution in [0.4, 0.5) is 13.2 Å². The smallest absolute Gasteiger partial charge is 0.411 e. The van der Waals surface area contributed by atoms with E-state index >= 15 is 0 Å². The molecule has 0 heterocycles. The third-order valence-corrected chi connectivity index (χ3v) is 2.87. The van der Waals surface area contributed by atoms with Crippen LogP contribution in [0.15, 0.2) is 29.3 Å². The summed E-state index contributed by atoms with van der Waals surface area (Å²) >= 11 is 0. The molecule has 0 bridgehead atoms. The molecule has 5 nitrogen and oxygen atoms in total. The van der Waals surface area contributed by atoms with Gasteiger partial charge in [-0.05, 0) is 24.1 Å². The summed E-state index contributed by atoms with van der Waals surface area (Å²) in [7, 11) is 3.24. The van der Waals surface area contributed by atoms with Crippen LogP contribution in [0.25, 0.3) is 0 Å². The molecule has 0 saturated heterocycles. The highest BCUT2D eigenvalue weighted by Crippen LogP contribution is 2.14. The van der Waals surface area contributed by atoms with Crippen LogP contribution >= 0.6 is 0 Å². The monoisotopic (exact) mass is 333 g/mol. The molecule has 0 unspecified atom stereocenters. The van der Waals surface area contributed by atoms with E-state index in [4.69, 9.17) is 4.74 Å². The first-order valence-corrected chi connectivity index (χ1v) is 7.16. The zero-order valence-corrected chi connectivity index (χ0v) is 13.2. The largest absolute Gasteiger partial charge is 0.497 e. The fourth-order valence-corrected chi connectivity index (χ4v) is 1.72. The van der Waals surface area contributed by atoms with Crippen LogP contribution in [-0.4, -0.2) is 46.1 Å². The summed E-state index contributed by atoms with van der Waals surface area (Å²) in [6, 6.07) is 7.60. The Kier molecular flexibility index (Phi) is 8.25. The van der Waals surface area contributed by atoms with Gasteiger partial charge in [-0.3, -0.25) is 4.99 Å². The summed E-state index contributed by atoms with van der Waals surface area (Å²) in [6.45, 7) is -0.117. The van der Waals surface area contributed by atoms with Crippen molar-refractivity contribution in [3.8, 4) is 5.75 Å². The summed E-state index contributed by atoms with van der Waals surface area (Å²) in [5.74, 6) is 1.37. The Balaban J connectivity index is 2.19. The van der Waals surface area contributed by atoms with Crippen molar-refractivity contribution in [2.45, 2.75) is 19.1 Å². The molecule has 2 N–H and O–H groups in total. The van der Waals surface area contributed by atoms with Gasteiger partial charge >= 0.3 is 6.18 Å². The summed E-state index contributed by atoms with van der Waals surface area (Å²) < 4.78 is 45.2.